The van der Waals surface area contributed by atoms with Gasteiger partial charge in [0, 0.05) is 18.3 Å². The fourth-order valence-corrected chi connectivity index (χ4v) is 4.48. The summed E-state index contributed by atoms with van der Waals surface area (Å²) in [5, 5.41) is 4.54. The van der Waals surface area contributed by atoms with Crippen LogP contribution >= 0.6 is 0 Å². The molecule has 0 spiro atoms. The third kappa shape index (κ3) is 2.52. The molecule has 1 aliphatic carbocycles. The van der Waals surface area contributed by atoms with Crippen LogP contribution in [0, 0.1) is 25.7 Å². The van der Waals surface area contributed by atoms with Gasteiger partial charge in [0.15, 0.2) is 5.82 Å². The lowest BCUT2D eigenvalue weighted by Gasteiger charge is -2.32. The van der Waals surface area contributed by atoms with E-state index in [0.29, 0.717) is 6.04 Å². The molecule has 1 saturated carbocycles. The quantitative estimate of drug-likeness (QED) is 0.854. The first-order valence-electron chi connectivity index (χ1n) is 8.76. The van der Waals surface area contributed by atoms with Crippen LogP contribution in [0.3, 0.4) is 0 Å². The van der Waals surface area contributed by atoms with Crippen molar-refractivity contribution in [1.29, 1.82) is 0 Å². The molecule has 4 rings (SSSR count). The molecule has 0 N–H and O–H groups in total. The summed E-state index contributed by atoms with van der Waals surface area (Å²) in [5.74, 6) is 3.40. The Balaban J connectivity index is 1.67. The number of nitrogens with zero attached hydrogens (tertiary/aromatic N) is 5. The minimum absolute atomic E-state index is 0.642. The zero-order valence-electron chi connectivity index (χ0n) is 14.2. The van der Waals surface area contributed by atoms with Crippen LogP contribution in [-0.4, -0.2) is 32.3 Å². The summed E-state index contributed by atoms with van der Waals surface area (Å²) in [7, 11) is 0. The molecule has 0 bridgehead atoms. The maximum Gasteiger partial charge on any atom is 0.174 e. The van der Waals surface area contributed by atoms with Crippen LogP contribution in [0.1, 0.15) is 44.0 Å². The van der Waals surface area contributed by atoms with Gasteiger partial charge in [-0.25, -0.2) is 9.67 Å². The first kappa shape index (κ1) is 14.7. The molecular formula is C18H25N5. The Morgan fingerprint density at radius 1 is 1.09 bits per heavy atom. The number of fused-ring (bicyclic) bond motifs is 1. The van der Waals surface area contributed by atoms with Crippen LogP contribution in [0.2, 0.25) is 0 Å². The number of hydrogen-bond donors (Lipinski definition) is 0. The van der Waals surface area contributed by atoms with Gasteiger partial charge in [0.05, 0.1) is 18.1 Å². The number of anilines is 1. The van der Waals surface area contributed by atoms with E-state index in [9.17, 15) is 0 Å². The highest BCUT2D eigenvalue weighted by molar-refractivity contribution is 5.43. The number of aromatic nitrogens is 4. The Hall–Kier alpha value is -1.91. The van der Waals surface area contributed by atoms with Crippen molar-refractivity contribution in [2.45, 2.75) is 52.5 Å². The highest BCUT2D eigenvalue weighted by atomic mass is 15.3. The van der Waals surface area contributed by atoms with Crippen molar-refractivity contribution in [1.82, 2.24) is 19.7 Å². The van der Waals surface area contributed by atoms with Crippen molar-refractivity contribution in [2.24, 2.45) is 11.8 Å². The summed E-state index contributed by atoms with van der Waals surface area (Å²) in [6.45, 7) is 7.56. The van der Waals surface area contributed by atoms with E-state index < -0.39 is 0 Å². The average Bonchev–Trinajstić information content (AvgIpc) is 3.08. The number of hydrogen-bond acceptors (Lipinski definition) is 4. The average molecular weight is 311 g/mol. The van der Waals surface area contributed by atoms with Crippen LogP contribution in [0.5, 0.6) is 0 Å². The van der Waals surface area contributed by atoms with Crippen molar-refractivity contribution in [2.75, 3.05) is 11.4 Å². The molecule has 2 aromatic rings. The lowest BCUT2D eigenvalue weighted by atomic mass is 9.80. The van der Waals surface area contributed by atoms with Crippen molar-refractivity contribution in [3.8, 4) is 5.82 Å². The number of rotatable bonds is 2. The Bertz CT molecular complexity index is 707. The van der Waals surface area contributed by atoms with E-state index >= 15 is 0 Å². The van der Waals surface area contributed by atoms with Gasteiger partial charge in [-0.15, -0.1) is 0 Å². The van der Waals surface area contributed by atoms with Crippen LogP contribution < -0.4 is 4.90 Å². The summed E-state index contributed by atoms with van der Waals surface area (Å²) in [5.41, 5.74) is 2.11. The van der Waals surface area contributed by atoms with E-state index in [0.717, 1.165) is 41.4 Å². The van der Waals surface area contributed by atoms with E-state index in [-0.39, 0.29) is 0 Å². The second-order valence-corrected chi connectivity index (χ2v) is 7.22. The molecule has 0 radical (unpaired) electrons. The van der Waals surface area contributed by atoms with E-state index in [2.05, 4.69) is 34.9 Å². The van der Waals surface area contributed by atoms with Crippen LogP contribution in [-0.2, 0) is 0 Å². The van der Waals surface area contributed by atoms with E-state index in [1.165, 1.54) is 25.7 Å². The second-order valence-electron chi connectivity index (χ2n) is 7.22. The summed E-state index contributed by atoms with van der Waals surface area (Å²) in [6.07, 6.45) is 9.11. The molecule has 2 aromatic heterocycles. The summed E-state index contributed by atoms with van der Waals surface area (Å²) in [6, 6.07) is 2.72. The summed E-state index contributed by atoms with van der Waals surface area (Å²) < 4.78 is 1.89. The third-order valence-electron chi connectivity index (χ3n) is 5.53. The fraction of sp³-hybridized carbons (Fsp3) is 0.611. The Kier molecular flexibility index (Phi) is 3.58. The van der Waals surface area contributed by atoms with Gasteiger partial charge < -0.3 is 4.90 Å². The van der Waals surface area contributed by atoms with Crippen molar-refractivity contribution in [3.63, 3.8) is 0 Å². The zero-order chi connectivity index (χ0) is 16.0. The fourth-order valence-electron chi connectivity index (χ4n) is 4.48. The molecule has 3 heterocycles. The topological polar surface area (TPSA) is 46.8 Å². The Morgan fingerprint density at radius 3 is 2.65 bits per heavy atom. The predicted octanol–water partition coefficient (Wildman–Crippen LogP) is 3.29. The smallest absolute Gasteiger partial charge is 0.174 e. The predicted molar refractivity (Wildman–Crippen MR) is 90.9 cm³/mol. The van der Waals surface area contributed by atoms with Crippen molar-refractivity contribution < 1.29 is 0 Å². The van der Waals surface area contributed by atoms with Gasteiger partial charge in [-0.3, -0.25) is 4.98 Å². The molecule has 5 heteroatoms. The molecule has 1 aliphatic heterocycles. The summed E-state index contributed by atoms with van der Waals surface area (Å²) in [4.78, 5) is 11.8. The van der Waals surface area contributed by atoms with Gasteiger partial charge in [0.2, 0.25) is 0 Å². The monoisotopic (exact) mass is 311 g/mol. The molecule has 0 amide bonds. The largest absolute Gasteiger partial charge is 0.352 e. The highest BCUT2D eigenvalue weighted by Crippen LogP contribution is 2.41. The van der Waals surface area contributed by atoms with E-state index in [4.69, 9.17) is 4.98 Å². The molecule has 1 saturated heterocycles. The van der Waals surface area contributed by atoms with Crippen LogP contribution in [0.4, 0.5) is 5.82 Å². The molecule has 3 unspecified atom stereocenters. The molecule has 5 nitrogen and oxygen atoms in total. The lowest BCUT2D eigenvalue weighted by Crippen LogP contribution is -2.35. The van der Waals surface area contributed by atoms with Gasteiger partial charge in [-0.2, -0.15) is 5.10 Å². The van der Waals surface area contributed by atoms with Crippen molar-refractivity contribution in [3.05, 3.63) is 29.8 Å². The molecule has 3 atom stereocenters. The minimum atomic E-state index is 0.642. The van der Waals surface area contributed by atoms with Gasteiger partial charge in [-0.05, 0) is 44.6 Å². The molecule has 2 aliphatic rings. The van der Waals surface area contributed by atoms with Gasteiger partial charge in [-0.1, -0.05) is 19.8 Å². The van der Waals surface area contributed by atoms with Crippen LogP contribution in [0.25, 0.3) is 5.82 Å². The summed E-state index contributed by atoms with van der Waals surface area (Å²) >= 11 is 0. The maximum absolute atomic E-state index is 4.89. The van der Waals surface area contributed by atoms with Gasteiger partial charge >= 0.3 is 0 Å². The molecule has 122 valence electrons. The number of aryl methyl sites for hydroxylation is 2. The van der Waals surface area contributed by atoms with Gasteiger partial charge in [0.25, 0.3) is 0 Å². The zero-order valence-corrected chi connectivity index (χ0v) is 14.2. The van der Waals surface area contributed by atoms with E-state index in [1.54, 1.807) is 6.20 Å². The second kappa shape index (κ2) is 5.62. The Labute approximate surface area is 137 Å². The molecular weight excluding hydrogens is 286 g/mol. The normalized spacial score (nSPS) is 27.3. The highest BCUT2D eigenvalue weighted by Gasteiger charge is 2.41. The maximum atomic E-state index is 4.89. The van der Waals surface area contributed by atoms with Crippen LogP contribution in [0.15, 0.2) is 18.5 Å². The molecule has 0 aromatic carbocycles. The SMILES string of the molecule is Cc1cc(C)n(-c2cncc(N3CC(C)C4CCCCC43)n2)n1. The molecule has 23 heavy (non-hydrogen) atoms. The minimum Gasteiger partial charge on any atom is -0.352 e. The third-order valence-corrected chi connectivity index (χ3v) is 5.53. The standard InChI is InChI=1S/C18H25N5/c1-12-11-22(16-7-5-4-6-15(12)16)17-9-19-10-18(20-17)23-14(3)8-13(2)21-23/h8-10,12,15-16H,4-7,11H2,1-3H3. The van der Waals surface area contributed by atoms with Crippen molar-refractivity contribution >= 4 is 5.82 Å². The lowest BCUT2D eigenvalue weighted by molar-refractivity contribution is 0.293. The first-order valence-corrected chi connectivity index (χ1v) is 8.76. The van der Waals surface area contributed by atoms with Gasteiger partial charge in [0.1, 0.15) is 5.82 Å². The Morgan fingerprint density at radius 2 is 1.87 bits per heavy atom. The van der Waals surface area contributed by atoms with E-state index in [1.807, 2.05) is 17.8 Å². The first-order chi connectivity index (χ1) is 11.1. The molecule has 2 fully saturated rings.